The van der Waals surface area contributed by atoms with Crippen LogP contribution in [0.1, 0.15) is 30.6 Å². The van der Waals surface area contributed by atoms with Crippen molar-refractivity contribution < 1.29 is 24.5 Å². The summed E-state index contributed by atoms with van der Waals surface area (Å²) in [5.41, 5.74) is 2.35. The minimum Gasteiger partial charge on any atom is -0.504 e. The summed E-state index contributed by atoms with van der Waals surface area (Å²) in [5, 5.41) is 21.9. The molecule has 0 aromatic heterocycles. The van der Waals surface area contributed by atoms with Crippen molar-refractivity contribution in [2.45, 2.75) is 26.4 Å². The summed E-state index contributed by atoms with van der Waals surface area (Å²) in [4.78, 5) is 12.3. The minimum atomic E-state index is -0.621. The molecule has 0 bridgehead atoms. The van der Waals surface area contributed by atoms with Crippen LogP contribution in [0.3, 0.4) is 0 Å². The molecule has 0 heterocycles. The number of aryl methyl sites for hydroxylation is 1. The second kappa shape index (κ2) is 9.10. The Labute approximate surface area is 153 Å². The number of nitrogens with one attached hydrogen (secondary N) is 1. The number of carbonyl (C=O) groups excluding carboxylic acids is 1. The Kier molecular flexibility index (Phi) is 6.86. The molecule has 2 atom stereocenters. The normalized spacial score (nSPS) is 12.9. The van der Waals surface area contributed by atoms with Gasteiger partial charge in [0.25, 0.3) is 0 Å². The standard InChI is InChI=1S/C20H25NO5/c1-13-4-7-16(8-5-13)21-20(24)26-19(14(2)10-11-22)15-6-9-18(25-3)17(23)12-15/h4-9,12,14,19,22-23H,10-11H2,1-3H3,(H,21,24)/t14-,19+/m0/s1. The molecule has 1 amide bonds. The van der Waals surface area contributed by atoms with Gasteiger partial charge in [0.05, 0.1) is 7.11 Å². The maximum Gasteiger partial charge on any atom is 0.412 e. The Morgan fingerprint density at radius 2 is 1.88 bits per heavy atom. The van der Waals surface area contributed by atoms with Crippen molar-refractivity contribution >= 4 is 11.8 Å². The molecule has 0 saturated carbocycles. The monoisotopic (exact) mass is 359 g/mol. The molecule has 2 aromatic rings. The van der Waals surface area contributed by atoms with Gasteiger partial charge >= 0.3 is 6.09 Å². The van der Waals surface area contributed by atoms with Crippen LogP contribution in [0.2, 0.25) is 0 Å². The van der Waals surface area contributed by atoms with Gasteiger partial charge in [0, 0.05) is 12.3 Å². The smallest absolute Gasteiger partial charge is 0.412 e. The number of hydrogen-bond donors (Lipinski definition) is 3. The third-order valence-corrected chi connectivity index (χ3v) is 4.16. The number of ether oxygens (including phenoxy) is 2. The van der Waals surface area contributed by atoms with Crippen LogP contribution in [0.4, 0.5) is 10.5 Å². The average molecular weight is 359 g/mol. The van der Waals surface area contributed by atoms with Gasteiger partial charge in [0.2, 0.25) is 0 Å². The topological polar surface area (TPSA) is 88.0 Å². The molecule has 6 nitrogen and oxygen atoms in total. The number of aliphatic hydroxyl groups is 1. The first kappa shape index (κ1) is 19.6. The number of benzene rings is 2. The van der Waals surface area contributed by atoms with E-state index in [1.54, 1.807) is 24.3 Å². The lowest BCUT2D eigenvalue weighted by Gasteiger charge is -2.24. The summed E-state index contributed by atoms with van der Waals surface area (Å²) < 4.78 is 10.6. The molecule has 6 heteroatoms. The van der Waals surface area contributed by atoms with E-state index in [0.29, 0.717) is 23.4 Å². The van der Waals surface area contributed by atoms with Crippen molar-refractivity contribution in [1.82, 2.24) is 0 Å². The number of carbonyl (C=O) groups is 1. The predicted octanol–water partition coefficient (Wildman–Crippen LogP) is 4.02. The van der Waals surface area contributed by atoms with E-state index >= 15 is 0 Å². The second-order valence-electron chi connectivity index (χ2n) is 6.24. The zero-order valence-electron chi connectivity index (χ0n) is 15.2. The number of aliphatic hydroxyl groups excluding tert-OH is 1. The average Bonchev–Trinajstić information content (AvgIpc) is 2.61. The van der Waals surface area contributed by atoms with E-state index in [-0.39, 0.29) is 18.3 Å². The van der Waals surface area contributed by atoms with Gasteiger partial charge in [-0.3, -0.25) is 5.32 Å². The molecule has 0 aliphatic heterocycles. The Balaban J connectivity index is 2.17. The number of rotatable bonds is 7. The van der Waals surface area contributed by atoms with Crippen LogP contribution < -0.4 is 10.1 Å². The molecule has 140 valence electrons. The van der Waals surface area contributed by atoms with E-state index in [2.05, 4.69) is 5.32 Å². The van der Waals surface area contributed by atoms with Gasteiger partial charge in [-0.2, -0.15) is 0 Å². The quantitative estimate of drug-likeness (QED) is 0.695. The van der Waals surface area contributed by atoms with E-state index in [1.165, 1.54) is 13.2 Å². The Morgan fingerprint density at radius 1 is 1.19 bits per heavy atom. The molecule has 0 aliphatic carbocycles. The van der Waals surface area contributed by atoms with Crippen molar-refractivity contribution in [3.05, 3.63) is 53.6 Å². The maximum atomic E-state index is 12.3. The van der Waals surface area contributed by atoms with E-state index < -0.39 is 12.2 Å². The van der Waals surface area contributed by atoms with Crippen LogP contribution in [0.5, 0.6) is 11.5 Å². The number of aromatic hydroxyl groups is 1. The first-order valence-electron chi connectivity index (χ1n) is 8.46. The van der Waals surface area contributed by atoms with Crippen LogP contribution in [0.15, 0.2) is 42.5 Å². The zero-order valence-corrected chi connectivity index (χ0v) is 15.2. The summed E-state index contributed by atoms with van der Waals surface area (Å²) in [5.74, 6) is 0.164. The van der Waals surface area contributed by atoms with E-state index in [0.717, 1.165) is 5.56 Å². The molecular formula is C20H25NO5. The molecule has 2 rings (SSSR count). The summed E-state index contributed by atoms with van der Waals surface area (Å²) in [6.45, 7) is 3.81. The van der Waals surface area contributed by atoms with Crippen molar-refractivity contribution in [3.8, 4) is 11.5 Å². The Hall–Kier alpha value is -2.73. The lowest BCUT2D eigenvalue weighted by molar-refractivity contribution is 0.0666. The molecule has 0 saturated heterocycles. The fourth-order valence-electron chi connectivity index (χ4n) is 2.65. The highest BCUT2D eigenvalue weighted by molar-refractivity contribution is 5.84. The molecule has 0 unspecified atom stereocenters. The first-order chi connectivity index (χ1) is 12.4. The van der Waals surface area contributed by atoms with Gasteiger partial charge in [0.1, 0.15) is 6.10 Å². The van der Waals surface area contributed by atoms with Gasteiger partial charge in [-0.25, -0.2) is 4.79 Å². The van der Waals surface area contributed by atoms with Crippen molar-refractivity contribution in [2.24, 2.45) is 5.92 Å². The van der Waals surface area contributed by atoms with Gasteiger partial charge in [-0.1, -0.05) is 30.7 Å². The highest BCUT2D eigenvalue weighted by Crippen LogP contribution is 2.34. The van der Waals surface area contributed by atoms with Crippen molar-refractivity contribution in [2.75, 3.05) is 19.0 Å². The van der Waals surface area contributed by atoms with E-state index in [4.69, 9.17) is 9.47 Å². The highest BCUT2D eigenvalue weighted by Gasteiger charge is 2.24. The number of phenols is 1. The number of amides is 1. The lowest BCUT2D eigenvalue weighted by atomic mass is 9.94. The lowest BCUT2D eigenvalue weighted by Crippen LogP contribution is -2.22. The zero-order chi connectivity index (χ0) is 19.1. The number of anilines is 1. The van der Waals surface area contributed by atoms with Gasteiger partial charge in [-0.15, -0.1) is 0 Å². The Morgan fingerprint density at radius 3 is 2.46 bits per heavy atom. The number of methoxy groups -OCH3 is 1. The first-order valence-corrected chi connectivity index (χ1v) is 8.46. The number of hydrogen-bond acceptors (Lipinski definition) is 5. The fraction of sp³-hybridized carbons (Fsp3) is 0.350. The van der Waals surface area contributed by atoms with Crippen LogP contribution in [-0.2, 0) is 4.74 Å². The van der Waals surface area contributed by atoms with Crippen molar-refractivity contribution in [3.63, 3.8) is 0 Å². The largest absolute Gasteiger partial charge is 0.504 e. The molecule has 0 aliphatic rings. The van der Waals surface area contributed by atoms with Crippen LogP contribution in [-0.4, -0.2) is 30.0 Å². The molecular weight excluding hydrogens is 334 g/mol. The predicted molar refractivity (Wildman–Crippen MR) is 99.5 cm³/mol. The molecule has 0 radical (unpaired) electrons. The van der Waals surface area contributed by atoms with Gasteiger partial charge in [0.15, 0.2) is 11.5 Å². The van der Waals surface area contributed by atoms with E-state index in [1.807, 2.05) is 26.0 Å². The summed E-state index contributed by atoms with van der Waals surface area (Å²) in [6, 6.07) is 12.2. The van der Waals surface area contributed by atoms with Crippen LogP contribution in [0, 0.1) is 12.8 Å². The van der Waals surface area contributed by atoms with Gasteiger partial charge in [-0.05, 0) is 49.1 Å². The molecule has 0 fully saturated rings. The number of phenolic OH excluding ortho intramolecular Hbond substituents is 1. The molecule has 0 spiro atoms. The van der Waals surface area contributed by atoms with Crippen LogP contribution >= 0.6 is 0 Å². The second-order valence-corrected chi connectivity index (χ2v) is 6.24. The third-order valence-electron chi connectivity index (χ3n) is 4.16. The molecule has 26 heavy (non-hydrogen) atoms. The summed E-state index contributed by atoms with van der Waals surface area (Å²) in [6.07, 6.45) is -0.765. The summed E-state index contributed by atoms with van der Waals surface area (Å²) >= 11 is 0. The fourth-order valence-corrected chi connectivity index (χ4v) is 2.65. The molecule has 3 N–H and O–H groups in total. The van der Waals surface area contributed by atoms with Gasteiger partial charge < -0.3 is 19.7 Å². The summed E-state index contributed by atoms with van der Waals surface area (Å²) in [7, 11) is 1.46. The molecule has 2 aromatic carbocycles. The Bertz CT molecular complexity index is 729. The van der Waals surface area contributed by atoms with E-state index in [9.17, 15) is 15.0 Å². The highest BCUT2D eigenvalue weighted by atomic mass is 16.6. The maximum absolute atomic E-state index is 12.3. The van der Waals surface area contributed by atoms with Crippen LogP contribution in [0.25, 0.3) is 0 Å². The SMILES string of the molecule is COc1ccc([C@H](OC(=O)Nc2ccc(C)cc2)[C@@H](C)CCO)cc1O. The van der Waals surface area contributed by atoms with Crippen molar-refractivity contribution in [1.29, 1.82) is 0 Å². The third kappa shape index (κ3) is 5.13. The minimum absolute atomic E-state index is 0.0251.